The van der Waals surface area contributed by atoms with Crippen molar-refractivity contribution < 1.29 is 9.90 Å². The van der Waals surface area contributed by atoms with Gasteiger partial charge < -0.3 is 14.9 Å². The van der Waals surface area contributed by atoms with Gasteiger partial charge in [-0.2, -0.15) is 0 Å². The summed E-state index contributed by atoms with van der Waals surface area (Å²) < 4.78 is 0. The van der Waals surface area contributed by atoms with Gasteiger partial charge in [0.2, 0.25) is 12.4 Å². The fourth-order valence-corrected chi connectivity index (χ4v) is 1.74. The highest BCUT2D eigenvalue weighted by atomic mass is 16.3. The number of nitrogens with zero attached hydrogens (tertiary/aromatic N) is 3. The lowest BCUT2D eigenvalue weighted by molar-refractivity contribution is -0.108. The van der Waals surface area contributed by atoms with E-state index in [0.29, 0.717) is 25.3 Å². The Labute approximate surface area is 108 Å². The van der Waals surface area contributed by atoms with Crippen molar-refractivity contribution in [2.24, 2.45) is 4.99 Å². The van der Waals surface area contributed by atoms with E-state index < -0.39 is 6.23 Å². The number of hydrogen-bond acceptors (Lipinski definition) is 5. The number of aliphatic imine (C=N–C) groups is 1. The van der Waals surface area contributed by atoms with E-state index in [2.05, 4.69) is 32.5 Å². The number of carbonyl (C=O) groups excluding carboxylic acids is 1. The zero-order valence-corrected chi connectivity index (χ0v) is 11.1. The minimum absolute atomic E-state index is 0.477. The highest BCUT2D eigenvalue weighted by molar-refractivity contribution is 5.88. The van der Waals surface area contributed by atoms with Gasteiger partial charge in [0.15, 0.2) is 0 Å². The Bertz CT molecular complexity index is 277. The molecule has 1 amide bonds. The zero-order valence-electron chi connectivity index (χ0n) is 11.1. The Morgan fingerprint density at radius 3 is 2.67 bits per heavy atom. The van der Waals surface area contributed by atoms with E-state index >= 15 is 0 Å². The first-order valence-electron chi connectivity index (χ1n) is 6.21. The Hall–Kier alpha value is -1.18. The van der Waals surface area contributed by atoms with E-state index in [4.69, 9.17) is 0 Å². The van der Waals surface area contributed by atoms with E-state index in [1.807, 2.05) is 0 Å². The lowest BCUT2D eigenvalue weighted by Gasteiger charge is -2.34. The molecule has 3 N–H and O–H groups in total. The first-order chi connectivity index (χ1) is 8.67. The predicted octanol–water partition coefficient (Wildman–Crippen LogP) is -1.74. The summed E-state index contributed by atoms with van der Waals surface area (Å²) in [5.74, 6) is 0.599. The minimum atomic E-state index is -0.557. The van der Waals surface area contributed by atoms with Crippen LogP contribution in [-0.2, 0) is 4.79 Å². The van der Waals surface area contributed by atoms with E-state index in [9.17, 15) is 9.90 Å². The molecule has 7 heteroatoms. The van der Waals surface area contributed by atoms with Crippen LogP contribution < -0.4 is 10.6 Å². The average molecular weight is 257 g/mol. The van der Waals surface area contributed by atoms with Crippen LogP contribution in [0.5, 0.6) is 0 Å². The number of aliphatic hydroxyl groups is 1. The van der Waals surface area contributed by atoms with Crippen LogP contribution in [0.25, 0.3) is 0 Å². The van der Waals surface area contributed by atoms with Crippen molar-refractivity contribution in [3.63, 3.8) is 0 Å². The van der Waals surface area contributed by atoms with Gasteiger partial charge in [0.1, 0.15) is 6.23 Å². The van der Waals surface area contributed by atoms with Gasteiger partial charge in [-0.15, -0.1) is 0 Å². The highest BCUT2D eigenvalue weighted by Gasteiger charge is 2.17. The average Bonchev–Trinajstić information content (AvgIpc) is 2.38. The molecule has 0 aromatic rings. The summed E-state index contributed by atoms with van der Waals surface area (Å²) in [6, 6.07) is 0. The van der Waals surface area contributed by atoms with E-state index in [1.54, 1.807) is 7.05 Å². The molecule has 1 heterocycles. The predicted molar refractivity (Wildman–Crippen MR) is 70.3 cm³/mol. The van der Waals surface area contributed by atoms with E-state index in [1.165, 1.54) is 0 Å². The Kier molecular flexibility index (Phi) is 6.63. The van der Waals surface area contributed by atoms with Crippen LogP contribution in [0, 0.1) is 0 Å². The summed E-state index contributed by atoms with van der Waals surface area (Å²) in [6.45, 7) is 4.09. The summed E-state index contributed by atoms with van der Waals surface area (Å²) >= 11 is 0. The third-order valence-electron chi connectivity index (χ3n) is 2.99. The molecular formula is C11H23N5O2. The van der Waals surface area contributed by atoms with Crippen molar-refractivity contribution in [1.82, 2.24) is 20.4 Å². The normalized spacial score (nSPS) is 19.7. The van der Waals surface area contributed by atoms with Crippen molar-refractivity contribution >= 4 is 12.4 Å². The number of hydrogen-bond donors (Lipinski definition) is 3. The van der Waals surface area contributed by atoms with Crippen LogP contribution in [0.1, 0.15) is 6.42 Å². The molecule has 0 radical (unpaired) electrons. The number of carbonyl (C=O) groups is 1. The van der Waals surface area contributed by atoms with Gasteiger partial charge in [0.05, 0.1) is 0 Å². The molecule has 0 aromatic heterocycles. The maximum atomic E-state index is 10.6. The lowest BCUT2D eigenvalue weighted by atomic mass is 10.3. The van der Waals surface area contributed by atoms with Gasteiger partial charge in [-0.05, 0) is 14.1 Å². The number of aliphatic hydroxyl groups excluding tert-OH is 1. The molecule has 1 unspecified atom stereocenters. The molecule has 104 valence electrons. The molecule has 0 aromatic carbocycles. The first kappa shape index (κ1) is 14.9. The quantitative estimate of drug-likeness (QED) is 0.236. The molecular weight excluding hydrogens is 234 g/mol. The van der Waals surface area contributed by atoms with Gasteiger partial charge in [0.25, 0.3) is 0 Å². The van der Waals surface area contributed by atoms with Crippen LogP contribution in [-0.4, -0.2) is 80.3 Å². The third-order valence-corrected chi connectivity index (χ3v) is 2.99. The highest BCUT2D eigenvalue weighted by Crippen LogP contribution is 2.00. The molecule has 0 aliphatic carbocycles. The molecule has 1 aliphatic rings. The van der Waals surface area contributed by atoms with Crippen LogP contribution in [0.15, 0.2) is 4.99 Å². The van der Waals surface area contributed by atoms with Crippen LogP contribution in [0.2, 0.25) is 0 Å². The van der Waals surface area contributed by atoms with E-state index in [-0.39, 0.29) is 0 Å². The standard InChI is InChI=1S/C11H23N5O2/c1-12-10(18)3-4-13-11(14-9-17)16-7-5-15(2)6-8-16/h9-10,12,18H,3-8H2,1-2H3,(H,13,14,17). The van der Waals surface area contributed by atoms with Gasteiger partial charge >= 0.3 is 0 Å². The van der Waals surface area contributed by atoms with E-state index in [0.717, 1.165) is 26.2 Å². The second-order valence-electron chi connectivity index (χ2n) is 4.35. The van der Waals surface area contributed by atoms with Crippen molar-refractivity contribution in [2.75, 3.05) is 46.8 Å². The first-order valence-corrected chi connectivity index (χ1v) is 6.21. The number of guanidine groups is 1. The molecule has 0 spiro atoms. The summed E-state index contributed by atoms with van der Waals surface area (Å²) in [7, 11) is 3.77. The van der Waals surface area contributed by atoms with Crippen molar-refractivity contribution in [1.29, 1.82) is 0 Å². The SMILES string of the molecule is CNC(O)CCN=C(NC=O)N1CCN(C)CC1. The monoisotopic (exact) mass is 257 g/mol. The Morgan fingerprint density at radius 1 is 1.44 bits per heavy atom. The van der Waals surface area contributed by atoms with Gasteiger partial charge in [-0.1, -0.05) is 0 Å². The number of piperazine rings is 1. The molecule has 0 saturated carbocycles. The lowest BCUT2D eigenvalue weighted by Crippen LogP contribution is -2.51. The van der Waals surface area contributed by atoms with Gasteiger partial charge in [0, 0.05) is 39.1 Å². The number of amides is 1. The summed E-state index contributed by atoms with van der Waals surface area (Å²) in [4.78, 5) is 19.2. The van der Waals surface area contributed by atoms with Crippen LogP contribution >= 0.6 is 0 Å². The number of rotatable bonds is 5. The second-order valence-corrected chi connectivity index (χ2v) is 4.35. The molecule has 0 bridgehead atoms. The zero-order chi connectivity index (χ0) is 13.4. The fraction of sp³-hybridized carbons (Fsp3) is 0.818. The van der Waals surface area contributed by atoms with Gasteiger partial charge in [-0.3, -0.25) is 20.4 Å². The smallest absolute Gasteiger partial charge is 0.213 e. The molecule has 1 fully saturated rings. The molecule has 18 heavy (non-hydrogen) atoms. The van der Waals surface area contributed by atoms with Crippen molar-refractivity contribution in [3.8, 4) is 0 Å². The number of nitrogens with one attached hydrogen (secondary N) is 2. The second kappa shape index (κ2) is 8.02. The molecule has 1 rings (SSSR count). The molecule has 1 atom stereocenters. The summed E-state index contributed by atoms with van der Waals surface area (Å²) in [5.41, 5.74) is 0. The summed E-state index contributed by atoms with van der Waals surface area (Å²) in [5, 5.41) is 14.7. The van der Waals surface area contributed by atoms with Crippen molar-refractivity contribution in [3.05, 3.63) is 0 Å². The van der Waals surface area contributed by atoms with Crippen LogP contribution in [0.3, 0.4) is 0 Å². The van der Waals surface area contributed by atoms with Gasteiger partial charge in [-0.25, -0.2) is 0 Å². The summed E-state index contributed by atoms with van der Waals surface area (Å²) in [6.07, 6.45) is 0.610. The Balaban J connectivity index is 2.47. The topological polar surface area (TPSA) is 80.2 Å². The largest absolute Gasteiger partial charge is 0.379 e. The molecule has 1 aliphatic heterocycles. The Morgan fingerprint density at radius 2 is 2.11 bits per heavy atom. The molecule has 1 saturated heterocycles. The fourth-order valence-electron chi connectivity index (χ4n) is 1.74. The third kappa shape index (κ3) is 4.99. The van der Waals surface area contributed by atoms with Crippen LogP contribution in [0.4, 0.5) is 0 Å². The maximum absolute atomic E-state index is 10.6. The molecule has 7 nitrogen and oxygen atoms in total. The maximum Gasteiger partial charge on any atom is 0.213 e. The minimum Gasteiger partial charge on any atom is -0.379 e. The number of likely N-dealkylation sites (N-methyl/N-ethyl adjacent to an activating group) is 1. The van der Waals surface area contributed by atoms with Crippen molar-refractivity contribution in [2.45, 2.75) is 12.6 Å².